The molecule has 1 aromatic heterocycles. The third-order valence-corrected chi connectivity index (χ3v) is 5.24. The van der Waals surface area contributed by atoms with Gasteiger partial charge in [-0.1, -0.05) is 19.3 Å². The van der Waals surface area contributed by atoms with E-state index < -0.39 is 0 Å². The Morgan fingerprint density at radius 1 is 1.24 bits per heavy atom. The van der Waals surface area contributed by atoms with Crippen LogP contribution in [0.1, 0.15) is 55.1 Å². The summed E-state index contributed by atoms with van der Waals surface area (Å²) in [5.41, 5.74) is 1.35. The van der Waals surface area contributed by atoms with Gasteiger partial charge >= 0.3 is 0 Å². The van der Waals surface area contributed by atoms with E-state index in [1.807, 2.05) is 11.3 Å². The molecule has 3 heteroatoms. The summed E-state index contributed by atoms with van der Waals surface area (Å²) in [4.78, 5) is 4.89. The minimum Gasteiger partial charge on any atom is -0.316 e. The Bertz CT molecular complexity index is 349. The van der Waals surface area contributed by atoms with Crippen LogP contribution in [0.2, 0.25) is 0 Å². The van der Waals surface area contributed by atoms with Crippen LogP contribution in [0, 0.1) is 5.92 Å². The lowest BCUT2D eigenvalue weighted by molar-refractivity contribution is 0.441. The van der Waals surface area contributed by atoms with Crippen LogP contribution in [0.25, 0.3) is 0 Å². The maximum atomic E-state index is 4.89. The number of nitrogens with one attached hydrogen (secondary N) is 1. The molecule has 2 heterocycles. The van der Waals surface area contributed by atoms with Gasteiger partial charge in [0.25, 0.3) is 0 Å². The third kappa shape index (κ3) is 2.89. The van der Waals surface area contributed by atoms with Crippen molar-refractivity contribution >= 4 is 11.3 Å². The zero-order chi connectivity index (χ0) is 11.5. The van der Waals surface area contributed by atoms with Gasteiger partial charge in [-0.05, 0) is 44.7 Å². The highest BCUT2D eigenvalue weighted by Gasteiger charge is 2.20. The van der Waals surface area contributed by atoms with Crippen molar-refractivity contribution in [2.45, 2.75) is 50.9 Å². The van der Waals surface area contributed by atoms with E-state index in [1.54, 1.807) is 0 Å². The summed E-state index contributed by atoms with van der Waals surface area (Å²) < 4.78 is 0. The van der Waals surface area contributed by atoms with Crippen LogP contribution in [-0.4, -0.2) is 18.1 Å². The number of nitrogens with zero attached hydrogens (tertiary/aromatic N) is 1. The standard InChI is InChI=1S/C14H22N2S/c1-2-4-12(5-3-1)14-16-13(10-17-14)8-11-6-7-15-9-11/h10-12,15H,1-9H2. The fraction of sp³-hybridized carbons (Fsp3) is 0.786. The molecule has 2 nitrogen and oxygen atoms in total. The largest absolute Gasteiger partial charge is 0.316 e. The van der Waals surface area contributed by atoms with E-state index in [1.165, 1.54) is 68.7 Å². The summed E-state index contributed by atoms with van der Waals surface area (Å²) in [6, 6.07) is 0. The van der Waals surface area contributed by atoms with E-state index in [0.717, 1.165) is 11.8 Å². The Morgan fingerprint density at radius 3 is 2.88 bits per heavy atom. The van der Waals surface area contributed by atoms with Gasteiger partial charge in [0.1, 0.15) is 0 Å². The molecule has 1 unspecified atom stereocenters. The molecular weight excluding hydrogens is 228 g/mol. The van der Waals surface area contributed by atoms with Crippen LogP contribution < -0.4 is 5.32 Å². The smallest absolute Gasteiger partial charge is 0.0959 e. The van der Waals surface area contributed by atoms with Crippen molar-refractivity contribution in [1.29, 1.82) is 0 Å². The van der Waals surface area contributed by atoms with Gasteiger partial charge in [-0.2, -0.15) is 0 Å². The van der Waals surface area contributed by atoms with Crippen molar-refractivity contribution in [1.82, 2.24) is 10.3 Å². The minimum absolute atomic E-state index is 0.782. The predicted octanol–water partition coefficient (Wildman–Crippen LogP) is 3.34. The van der Waals surface area contributed by atoms with E-state index in [-0.39, 0.29) is 0 Å². The van der Waals surface area contributed by atoms with Crippen LogP contribution in [0.5, 0.6) is 0 Å². The molecule has 0 amide bonds. The van der Waals surface area contributed by atoms with E-state index in [4.69, 9.17) is 4.98 Å². The third-order valence-electron chi connectivity index (χ3n) is 4.18. The number of hydrogen-bond acceptors (Lipinski definition) is 3. The zero-order valence-electron chi connectivity index (χ0n) is 10.5. The lowest BCUT2D eigenvalue weighted by atomic mass is 9.90. The van der Waals surface area contributed by atoms with Gasteiger partial charge in [0.05, 0.1) is 10.7 Å². The first-order chi connectivity index (χ1) is 8.42. The number of thiazole rings is 1. The fourth-order valence-electron chi connectivity index (χ4n) is 3.14. The average Bonchev–Trinajstić information content (AvgIpc) is 3.02. The summed E-state index contributed by atoms with van der Waals surface area (Å²) in [5, 5.41) is 7.17. The molecule has 0 aromatic carbocycles. The molecule has 1 N–H and O–H groups in total. The lowest BCUT2D eigenvalue weighted by Crippen LogP contribution is -2.11. The molecule has 1 atom stereocenters. The van der Waals surface area contributed by atoms with Crippen molar-refractivity contribution in [3.05, 3.63) is 16.1 Å². The molecule has 1 saturated carbocycles. The Balaban J connectivity index is 1.60. The lowest BCUT2D eigenvalue weighted by Gasteiger charge is -2.18. The maximum absolute atomic E-state index is 4.89. The maximum Gasteiger partial charge on any atom is 0.0959 e. The first kappa shape index (κ1) is 11.7. The summed E-state index contributed by atoms with van der Waals surface area (Å²) in [5.74, 6) is 1.61. The number of hydrogen-bond donors (Lipinski definition) is 1. The first-order valence-corrected chi connectivity index (χ1v) is 7.95. The van der Waals surface area contributed by atoms with E-state index in [0.29, 0.717) is 0 Å². The highest BCUT2D eigenvalue weighted by Crippen LogP contribution is 2.34. The van der Waals surface area contributed by atoms with Gasteiger partial charge in [-0.15, -0.1) is 11.3 Å². The predicted molar refractivity (Wildman–Crippen MR) is 72.6 cm³/mol. The SMILES string of the molecule is c1sc(C2CCCCC2)nc1CC1CCNC1. The Morgan fingerprint density at radius 2 is 2.12 bits per heavy atom. The van der Waals surface area contributed by atoms with Crippen LogP contribution >= 0.6 is 11.3 Å². The van der Waals surface area contributed by atoms with Crippen LogP contribution in [-0.2, 0) is 6.42 Å². The summed E-state index contributed by atoms with van der Waals surface area (Å²) in [7, 11) is 0. The molecule has 0 bridgehead atoms. The van der Waals surface area contributed by atoms with E-state index >= 15 is 0 Å². The quantitative estimate of drug-likeness (QED) is 0.890. The van der Waals surface area contributed by atoms with E-state index in [9.17, 15) is 0 Å². The Hall–Kier alpha value is -0.410. The zero-order valence-corrected chi connectivity index (χ0v) is 11.3. The van der Waals surface area contributed by atoms with Gasteiger partial charge in [0.2, 0.25) is 0 Å². The fourth-order valence-corrected chi connectivity index (χ4v) is 4.14. The number of rotatable bonds is 3. The first-order valence-electron chi connectivity index (χ1n) is 7.07. The molecule has 1 saturated heterocycles. The van der Waals surface area contributed by atoms with Gasteiger partial charge < -0.3 is 5.32 Å². The molecule has 2 aliphatic rings. The monoisotopic (exact) mass is 250 g/mol. The van der Waals surface area contributed by atoms with Crippen molar-refractivity contribution in [2.75, 3.05) is 13.1 Å². The van der Waals surface area contributed by atoms with Crippen molar-refractivity contribution in [2.24, 2.45) is 5.92 Å². The minimum atomic E-state index is 0.782. The molecule has 1 aliphatic heterocycles. The van der Waals surface area contributed by atoms with Crippen molar-refractivity contribution in [3.63, 3.8) is 0 Å². The second-order valence-electron chi connectivity index (χ2n) is 5.57. The molecule has 94 valence electrons. The normalized spacial score (nSPS) is 26.5. The molecule has 3 rings (SSSR count). The Labute approximate surface area is 108 Å². The summed E-state index contributed by atoms with van der Waals surface area (Å²) >= 11 is 1.91. The van der Waals surface area contributed by atoms with Gasteiger partial charge in [0.15, 0.2) is 0 Å². The molecule has 2 fully saturated rings. The van der Waals surface area contributed by atoms with Crippen molar-refractivity contribution < 1.29 is 0 Å². The summed E-state index contributed by atoms with van der Waals surface area (Å²) in [6.45, 7) is 2.39. The molecular formula is C14H22N2S. The molecule has 0 radical (unpaired) electrons. The van der Waals surface area contributed by atoms with Crippen LogP contribution in [0.3, 0.4) is 0 Å². The van der Waals surface area contributed by atoms with Crippen LogP contribution in [0.4, 0.5) is 0 Å². The second-order valence-corrected chi connectivity index (χ2v) is 6.46. The topological polar surface area (TPSA) is 24.9 Å². The highest BCUT2D eigenvalue weighted by atomic mass is 32.1. The molecule has 1 aliphatic carbocycles. The summed E-state index contributed by atoms with van der Waals surface area (Å²) in [6.07, 6.45) is 9.52. The van der Waals surface area contributed by atoms with Gasteiger partial charge in [0, 0.05) is 11.3 Å². The van der Waals surface area contributed by atoms with Crippen LogP contribution in [0.15, 0.2) is 5.38 Å². The number of aromatic nitrogens is 1. The van der Waals surface area contributed by atoms with E-state index in [2.05, 4.69) is 10.7 Å². The Kier molecular flexibility index (Phi) is 3.77. The molecule has 17 heavy (non-hydrogen) atoms. The van der Waals surface area contributed by atoms with Crippen molar-refractivity contribution in [3.8, 4) is 0 Å². The highest BCUT2D eigenvalue weighted by molar-refractivity contribution is 7.09. The van der Waals surface area contributed by atoms with Gasteiger partial charge in [-0.3, -0.25) is 0 Å². The second kappa shape index (κ2) is 5.49. The van der Waals surface area contributed by atoms with Gasteiger partial charge in [-0.25, -0.2) is 4.98 Å². The molecule has 1 aromatic rings. The average molecular weight is 250 g/mol. The molecule has 0 spiro atoms.